The lowest BCUT2D eigenvalue weighted by atomic mass is 9.82. The zero-order valence-corrected chi connectivity index (χ0v) is 30.3. The van der Waals surface area contributed by atoms with Gasteiger partial charge in [-0.25, -0.2) is 4.98 Å². The fourth-order valence-corrected chi connectivity index (χ4v) is 10.0. The van der Waals surface area contributed by atoms with Crippen molar-refractivity contribution in [3.63, 3.8) is 0 Å². The van der Waals surface area contributed by atoms with E-state index in [1.165, 1.54) is 75.4 Å². The van der Waals surface area contributed by atoms with Crippen LogP contribution >= 0.6 is 11.3 Å². The average molecular weight is 695 g/mol. The Balaban J connectivity index is 1.19. The Morgan fingerprint density at radius 2 is 1.11 bits per heavy atom. The lowest BCUT2D eigenvalue weighted by Crippen LogP contribution is -2.14. The molecule has 7 aromatic carbocycles. The third-order valence-corrected chi connectivity index (χ3v) is 12.6. The van der Waals surface area contributed by atoms with E-state index in [2.05, 4.69) is 188 Å². The fourth-order valence-electron chi connectivity index (χ4n) is 8.79. The van der Waals surface area contributed by atoms with Gasteiger partial charge in [0.05, 0.1) is 28.1 Å². The van der Waals surface area contributed by atoms with E-state index < -0.39 is 0 Å². The molecule has 0 spiro atoms. The van der Waals surface area contributed by atoms with Crippen molar-refractivity contribution in [3.05, 3.63) is 181 Å². The number of hydrogen-bond donors (Lipinski definition) is 0. The van der Waals surface area contributed by atoms with Crippen molar-refractivity contribution >= 4 is 53.3 Å². The number of fused-ring (bicyclic) bond motifs is 9. The summed E-state index contributed by atoms with van der Waals surface area (Å²) in [6, 6.07) is 62.1. The Kier molecular flexibility index (Phi) is 6.50. The number of hydrogen-bond acceptors (Lipinski definition) is 2. The Hall–Kier alpha value is -6.29. The van der Waals surface area contributed by atoms with E-state index in [0.29, 0.717) is 0 Å². The van der Waals surface area contributed by atoms with Crippen LogP contribution in [0.1, 0.15) is 25.0 Å². The van der Waals surface area contributed by atoms with Gasteiger partial charge in [0.2, 0.25) is 0 Å². The van der Waals surface area contributed by atoms with Crippen LogP contribution in [0.2, 0.25) is 0 Å². The maximum atomic E-state index is 5.47. The number of aromatic nitrogens is 2. The maximum Gasteiger partial charge on any atom is 0.0744 e. The minimum Gasteiger partial charge on any atom is -0.309 e. The lowest BCUT2D eigenvalue weighted by Gasteiger charge is -2.21. The fraction of sp³-hybridized carbons (Fsp3) is 0.0600. The summed E-state index contributed by atoms with van der Waals surface area (Å²) < 4.78 is 5.03. The van der Waals surface area contributed by atoms with Gasteiger partial charge in [-0.1, -0.05) is 147 Å². The molecule has 10 aromatic rings. The molecule has 3 heteroatoms. The van der Waals surface area contributed by atoms with E-state index >= 15 is 0 Å². The lowest BCUT2D eigenvalue weighted by molar-refractivity contribution is 0.661. The van der Waals surface area contributed by atoms with Gasteiger partial charge in [0.15, 0.2) is 0 Å². The number of pyridine rings is 1. The number of benzene rings is 7. The first-order valence-electron chi connectivity index (χ1n) is 18.3. The molecule has 0 radical (unpaired) electrons. The number of nitrogens with zero attached hydrogens (tertiary/aromatic N) is 2. The third-order valence-electron chi connectivity index (χ3n) is 11.4. The molecule has 0 unspecified atom stereocenters. The molecule has 2 nitrogen and oxygen atoms in total. The Morgan fingerprint density at radius 1 is 0.453 bits per heavy atom. The van der Waals surface area contributed by atoms with Crippen molar-refractivity contribution in [1.29, 1.82) is 0 Å². The number of thiophene rings is 1. The molecule has 53 heavy (non-hydrogen) atoms. The first-order valence-corrected chi connectivity index (χ1v) is 19.1. The average Bonchev–Trinajstić information content (AvgIpc) is 3.83. The van der Waals surface area contributed by atoms with Crippen molar-refractivity contribution in [2.24, 2.45) is 0 Å². The Bertz CT molecular complexity index is 3070. The topological polar surface area (TPSA) is 17.8 Å². The number of para-hydroxylation sites is 1. The normalized spacial score (nSPS) is 13.2. The van der Waals surface area contributed by atoms with Gasteiger partial charge >= 0.3 is 0 Å². The van der Waals surface area contributed by atoms with Crippen LogP contribution in [0.15, 0.2) is 170 Å². The van der Waals surface area contributed by atoms with Crippen LogP contribution in [0.5, 0.6) is 0 Å². The summed E-state index contributed by atoms with van der Waals surface area (Å²) in [6.45, 7) is 4.73. The van der Waals surface area contributed by atoms with E-state index in [1.54, 1.807) is 0 Å². The van der Waals surface area contributed by atoms with Crippen molar-refractivity contribution in [2.75, 3.05) is 0 Å². The van der Waals surface area contributed by atoms with Crippen molar-refractivity contribution < 1.29 is 0 Å². The summed E-state index contributed by atoms with van der Waals surface area (Å²) in [6.07, 6.45) is 0. The highest BCUT2D eigenvalue weighted by atomic mass is 32.1. The van der Waals surface area contributed by atoms with Crippen molar-refractivity contribution in [1.82, 2.24) is 9.55 Å². The summed E-state index contributed by atoms with van der Waals surface area (Å²) in [5.41, 5.74) is 15.4. The predicted octanol–water partition coefficient (Wildman–Crippen LogP) is 13.9. The Morgan fingerprint density at radius 3 is 1.98 bits per heavy atom. The first-order chi connectivity index (χ1) is 26.0. The van der Waals surface area contributed by atoms with E-state index in [9.17, 15) is 0 Å². The molecule has 0 atom stereocenters. The van der Waals surface area contributed by atoms with Crippen LogP contribution in [0.3, 0.4) is 0 Å². The van der Waals surface area contributed by atoms with E-state index in [-0.39, 0.29) is 5.41 Å². The highest BCUT2D eigenvalue weighted by Crippen LogP contribution is 2.51. The van der Waals surface area contributed by atoms with Crippen LogP contribution < -0.4 is 0 Å². The molecule has 3 aromatic heterocycles. The molecule has 11 rings (SSSR count). The van der Waals surface area contributed by atoms with Gasteiger partial charge < -0.3 is 4.57 Å². The SMILES string of the molecule is CC1(C)c2ccccc2-c2cc3c(cc21)c1ccccc1n3-c1cc(-c2ccc(-c3ccccc3)cc2)nc(-c2cccc3c2sc2ccccc23)c1. The minimum absolute atomic E-state index is 0.0742. The minimum atomic E-state index is -0.0742. The van der Waals surface area contributed by atoms with Gasteiger partial charge in [0, 0.05) is 47.5 Å². The van der Waals surface area contributed by atoms with Crippen LogP contribution in [0.4, 0.5) is 0 Å². The number of rotatable bonds is 4. The molecule has 250 valence electrons. The van der Waals surface area contributed by atoms with Crippen LogP contribution in [-0.2, 0) is 5.41 Å². The molecule has 3 heterocycles. The molecule has 0 saturated carbocycles. The smallest absolute Gasteiger partial charge is 0.0744 e. The first kappa shape index (κ1) is 30.3. The van der Waals surface area contributed by atoms with Gasteiger partial charge in [-0.15, -0.1) is 11.3 Å². The summed E-state index contributed by atoms with van der Waals surface area (Å²) in [5.74, 6) is 0. The van der Waals surface area contributed by atoms with E-state index in [0.717, 1.165) is 28.2 Å². The predicted molar refractivity (Wildman–Crippen MR) is 225 cm³/mol. The summed E-state index contributed by atoms with van der Waals surface area (Å²) in [4.78, 5) is 5.47. The second-order valence-electron chi connectivity index (χ2n) is 14.8. The van der Waals surface area contributed by atoms with E-state index in [4.69, 9.17) is 4.98 Å². The van der Waals surface area contributed by atoms with Gasteiger partial charge in [-0.05, 0) is 69.8 Å². The maximum absolute atomic E-state index is 5.47. The quantitative estimate of drug-likeness (QED) is 0.179. The standard InChI is InChI=1S/C50H34N2S/c1-50(2)42-20-9-6-15-35(42)40-30-47-41(29-43(40)50)36-16-7-10-21-46(36)52(47)34-27-44(33-25-23-32(24-26-33)31-13-4-3-5-14-31)51-45(28-34)39-19-12-18-38-37-17-8-11-22-48(37)53-49(38)39/h3-30H,1-2H3. The zero-order chi connectivity index (χ0) is 35.3. The largest absolute Gasteiger partial charge is 0.309 e. The summed E-state index contributed by atoms with van der Waals surface area (Å²) in [7, 11) is 0. The van der Waals surface area contributed by atoms with Crippen molar-refractivity contribution in [3.8, 4) is 50.5 Å². The van der Waals surface area contributed by atoms with E-state index in [1.807, 2.05) is 11.3 Å². The zero-order valence-electron chi connectivity index (χ0n) is 29.5. The van der Waals surface area contributed by atoms with Crippen LogP contribution in [0.25, 0.3) is 92.4 Å². The Labute approximate surface area is 312 Å². The molecular weight excluding hydrogens is 661 g/mol. The molecule has 0 fully saturated rings. The molecular formula is C50H34N2S. The molecule has 0 aliphatic heterocycles. The monoisotopic (exact) mass is 694 g/mol. The molecule has 0 N–H and O–H groups in total. The summed E-state index contributed by atoms with van der Waals surface area (Å²) in [5, 5.41) is 5.11. The molecule has 1 aliphatic rings. The van der Waals surface area contributed by atoms with Crippen LogP contribution in [-0.4, -0.2) is 9.55 Å². The molecule has 1 aliphatic carbocycles. The van der Waals surface area contributed by atoms with Crippen molar-refractivity contribution in [2.45, 2.75) is 19.3 Å². The van der Waals surface area contributed by atoms with Crippen LogP contribution in [0, 0.1) is 0 Å². The second-order valence-corrected chi connectivity index (χ2v) is 15.8. The highest BCUT2D eigenvalue weighted by molar-refractivity contribution is 7.26. The second kappa shape index (κ2) is 11.4. The highest BCUT2D eigenvalue weighted by Gasteiger charge is 2.36. The third kappa shape index (κ3) is 4.54. The van der Waals surface area contributed by atoms with Gasteiger partial charge in [0.25, 0.3) is 0 Å². The van der Waals surface area contributed by atoms with Gasteiger partial charge in [0.1, 0.15) is 0 Å². The summed E-state index contributed by atoms with van der Waals surface area (Å²) >= 11 is 1.85. The molecule has 0 bridgehead atoms. The van der Waals surface area contributed by atoms with Gasteiger partial charge in [-0.3, -0.25) is 0 Å². The van der Waals surface area contributed by atoms with Gasteiger partial charge in [-0.2, -0.15) is 0 Å². The molecule has 0 saturated heterocycles. The molecule has 0 amide bonds.